The van der Waals surface area contributed by atoms with Gasteiger partial charge in [0.25, 0.3) is 5.91 Å². The third kappa shape index (κ3) is 3.14. The summed E-state index contributed by atoms with van der Waals surface area (Å²) in [5, 5.41) is 9.16. The smallest absolute Gasteiger partial charge is 0.268 e. The van der Waals surface area contributed by atoms with Gasteiger partial charge in [-0.1, -0.05) is 24.3 Å². The number of hydrogen-bond donors (Lipinski definition) is 1. The van der Waals surface area contributed by atoms with Crippen LogP contribution in [0.25, 0.3) is 0 Å². The molecule has 0 saturated carbocycles. The van der Waals surface area contributed by atoms with Gasteiger partial charge in [0.15, 0.2) is 6.10 Å². The lowest BCUT2D eigenvalue weighted by atomic mass is 10.1. The van der Waals surface area contributed by atoms with Gasteiger partial charge in [0.1, 0.15) is 11.5 Å². The maximum Gasteiger partial charge on any atom is 0.268 e. The van der Waals surface area contributed by atoms with Crippen LogP contribution >= 0.6 is 0 Å². The molecule has 1 heterocycles. The molecular weight excluding hydrogens is 294 g/mol. The van der Waals surface area contributed by atoms with Gasteiger partial charge in [-0.2, -0.15) is 0 Å². The summed E-state index contributed by atoms with van der Waals surface area (Å²) in [7, 11) is 1.62. The van der Waals surface area contributed by atoms with Crippen LogP contribution in [-0.4, -0.2) is 30.8 Å². The van der Waals surface area contributed by atoms with Crippen molar-refractivity contribution < 1.29 is 19.4 Å². The molecule has 5 nitrogen and oxygen atoms in total. The molecule has 2 aromatic rings. The van der Waals surface area contributed by atoms with Crippen LogP contribution in [0.2, 0.25) is 0 Å². The largest absolute Gasteiger partial charge is 0.497 e. The van der Waals surface area contributed by atoms with Crippen molar-refractivity contribution in [3.63, 3.8) is 0 Å². The van der Waals surface area contributed by atoms with Crippen molar-refractivity contribution in [3.05, 3.63) is 54.1 Å². The lowest BCUT2D eigenvalue weighted by Gasteiger charge is -2.34. The monoisotopic (exact) mass is 313 g/mol. The first kappa shape index (κ1) is 15.4. The van der Waals surface area contributed by atoms with E-state index in [1.165, 1.54) is 0 Å². The number of ether oxygens (including phenoxy) is 2. The predicted molar refractivity (Wildman–Crippen MR) is 86.7 cm³/mol. The quantitative estimate of drug-likeness (QED) is 0.920. The first-order valence-electron chi connectivity index (χ1n) is 7.54. The van der Waals surface area contributed by atoms with Gasteiger partial charge in [0.05, 0.1) is 19.3 Å². The summed E-state index contributed by atoms with van der Waals surface area (Å²) in [5.74, 6) is 1.28. The molecule has 1 amide bonds. The molecule has 0 aromatic heterocycles. The summed E-state index contributed by atoms with van der Waals surface area (Å²) in [6, 6.07) is 15.1. The zero-order valence-electron chi connectivity index (χ0n) is 12.9. The van der Waals surface area contributed by atoms with E-state index >= 15 is 0 Å². The Hall–Kier alpha value is -2.53. The van der Waals surface area contributed by atoms with Crippen molar-refractivity contribution in [1.29, 1.82) is 0 Å². The molecule has 1 aliphatic heterocycles. The molecule has 1 unspecified atom stereocenters. The second-order valence-electron chi connectivity index (χ2n) is 5.36. The molecule has 3 rings (SSSR count). The van der Waals surface area contributed by atoms with Crippen LogP contribution in [0.15, 0.2) is 48.5 Å². The Morgan fingerprint density at radius 2 is 2.04 bits per heavy atom. The molecule has 0 saturated heterocycles. The third-order valence-corrected chi connectivity index (χ3v) is 3.83. The maximum absolute atomic E-state index is 12.7. The number of rotatable bonds is 5. The summed E-state index contributed by atoms with van der Waals surface area (Å²) >= 11 is 0. The number of benzene rings is 2. The highest BCUT2D eigenvalue weighted by molar-refractivity contribution is 5.99. The second kappa shape index (κ2) is 6.71. The standard InChI is InChI=1S/C18H19NO4/c1-22-14-6-4-5-13(11-14)12-19-15-7-2-3-8-16(15)23-17(9-10-20)18(19)21/h2-8,11,17,20H,9-10,12H2,1H3. The minimum Gasteiger partial charge on any atom is -0.497 e. The number of amides is 1. The highest BCUT2D eigenvalue weighted by atomic mass is 16.5. The van der Waals surface area contributed by atoms with E-state index in [0.717, 1.165) is 17.0 Å². The molecule has 2 aromatic carbocycles. The van der Waals surface area contributed by atoms with Crippen LogP contribution in [0.1, 0.15) is 12.0 Å². The van der Waals surface area contributed by atoms with Crippen LogP contribution in [0, 0.1) is 0 Å². The first-order chi connectivity index (χ1) is 11.2. The number of hydrogen-bond acceptors (Lipinski definition) is 4. The normalized spacial score (nSPS) is 16.7. The Balaban J connectivity index is 1.93. The van der Waals surface area contributed by atoms with Gasteiger partial charge >= 0.3 is 0 Å². The lowest BCUT2D eigenvalue weighted by Crippen LogP contribution is -2.45. The van der Waals surface area contributed by atoms with Gasteiger partial charge < -0.3 is 19.5 Å². The van der Waals surface area contributed by atoms with Crippen molar-refractivity contribution in [2.24, 2.45) is 0 Å². The topological polar surface area (TPSA) is 59.0 Å². The Morgan fingerprint density at radius 3 is 2.83 bits per heavy atom. The molecule has 0 bridgehead atoms. The number of carbonyl (C=O) groups is 1. The maximum atomic E-state index is 12.7. The molecule has 120 valence electrons. The Morgan fingerprint density at radius 1 is 1.22 bits per heavy atom. The number of aliphatic hydroxyl groups is 1. The fraction of sp³-hybridized carbons (Fsp3) is 0.278. The number of methoxy groups -OCH3 is 1. The molecule has 1 N–H and O–H groups in total. The highest BCUT2D eigenvalue weighted by Gasteiger charge is 2.33. The van der Waals surface area contributed by atoms with Crippen LogP contribution in [0.5, 0.6) is 11.5 Å². The average Bonchev–Trinajstić information content (AvgIpc) is 2.59. The summed E-state index contributed by atoms with van der Waals surface area (Å²) in [5.41, 5.74) is 1.71. The van der Waals surface area contributed by atoms with Gasteiger partial charge in [-0.3, -0.25) is 4.79 Å². The minimum atomic E-state index is -0.652. The SMILES string of the molecule is COc1cccc(CN2C(=O)C(CCO)Oc3ccccc32)c1. The zero-order valence-corrected chi connectivity index (χ0v) is 12.9. The van der Waals surface area contributed by atoms with E-state index in [4.69, 9.17) is 14.6 Å². The molecule has 0 spiro atoms. The van der Waals surface area contributed by atoms with Gasteiger partial charge in [-0.25, -0.2) is 0 Å². The molecule has 0 radical (unpaired) electrons. The fourth-order valence-corrected chi connectivity index (χ4v) is 2.69. The van der Waals surface area contributed by atoms with E-state index in [0.29, 0.717) is 12.3 Å². The van der Waals surface area contributed by atoms with Crippen LogP contribution in [0.4, 0.5) is 5.69 Å². The van der Waals surface area contributed by atoms with E-state index in [1.807, 2.05) is 48.5 Å². The molecular formula is C18H19NO4. The van der Waals surface area contributed by atoms with Crippen molar-refractivity contribution in [2.75, 3.05) is 18.6 Å². The van der Waals surface area contributed by atoms with E-state index in [2.05, 4.69) is 0 Å². The van der Waals surface area contributed by atoms with Crippen LogP contribution in [0.3, 0.4) is 0 Å². The van der Waals surface area contributed by atoms with Crippen molar-refractivity contribution in [1.82, 2.24) is 0 Å². The number of nitrogens with zero attached hydrogens (tertiary/aromatic N) is 1. The number of para-hydroxylation sites is 2. The van der Waals surface area contributed by atoms with Gasteiger partial charge in [-0.05, 0) is 29.8 Å². The van der Waals surface area contributed by atoms with E-state index in [-0.39, 0.29) is 18.9 Å². The number of carbonyl (C=O) groups excluding carboxylic acids is 1. The summed E-state index contributed by atoms with van der Waals surface area (Å²) < 4.78 is 11.0. The van der Waals surface area contributed by atoms with Gasteiger partial charge in [-0.15, -0.1) is 0 Å². The van der Waals surface area contributed by atoms with Gasteiger partial charge in [0.2, 0.25) is 0 Å². The molecule has 0 aliphatic carbocycles. The molecule has 5 heteroatoms. The lowest BCUT2D eigenvalue weighted by molar-refractivity contribution is -0.127. The van der Waals surface area contributed by atoms with Crippen molar-refractivity contribution >= 4 is 11.6 Å². The number of anilines is 1. The average molecular weight is 313 g/mol. The Bertz CT molecular complexity index is 701. The van der Waals surface area contributed by atoms with Crippen LogP contribution in [-0.2, 0) is 11.3 Å². The van der Waals surface area contributed by atoms with Crippen molar-refractivity contribution in [2.45, 2.75) is 19.1 Å². The third-order valence-electron chi connectivity index (χ3n) is 3.83. The van der Waals surface area contributed by atoms with E-state index in [9.17, 15) is 4.79 Å². The summed E-state index contributed by atoms with van der Waals surface area (Å²) in [6.45, 7) is 0.337. The molecule has 23 heavy (non-hydrogen) atoms. The summed E-state index contributed by atoms with van der Waals surface area (Å²) in [4.78, 5) is 14.4. The van der Waals surface area contributed by atoms with Crippen molar-refractivity contribution in [3.8, 4) is 11.5 Å². The molecule has 0 fully saturated rings. The Kier molecular flexibility index (Phi) is 4.48. The molecule has 1 atom stereocenters. The zero-order chi connectivity index (χ0) is 16.2. The summed E-state index contributed by atoms with van der Waals surface area (Å²) in [6.07, 6.45) is -0.373. The highest BCUT2D eigenvalue weighted by Crippen LogP contribution is 2.35. The minimum absolute atomic E-state index is 0.0917. The second-order valence-corrected chi connectivity index (χ2v) is 5.36. The van der Waals surface area contributed by atoms with Gasteiger partial charge in [0, 0.05) is 13.0 Å². The molecule has 1 aliphatic rings. The van der Waals surface area contributed by atoms with E-state index in [1.54, 1.807) is 12.0 Å². The Labute approximate surface area is 135 Å². The first-order valence-corrected chi connectivity index (χ1v) is 7.54. The predicted octanol–water partition coefficient (Wildman–Crippen LogP) is 2.37. The number of aliphatic hydroxyl groups excluding tert-OH is 1. The fourth-order valence-electron chi connectivity index (χ4n) is 2.69. The van der Waals surface area contributed by atoms with E-state index < -0.39 is 6.10 Å². The number of fused-ring (bicyclic) bond motifs is 1. The van der Waals surface area contributed by atoms with Crippen LogP contribution < -0.4 is 14.4 Å².